The van der Waals surface area contributed by atoms with Crippen molar-refractivity contribution >= 4 is 35.1 Å². The number of anilines is 2. The third kappa shape index (κ3) is 5.82. The number of hydrogen-bond acceptors (Lipinski definition) is 6. The minimum Gasteiger partial charge on any atom is -0.376 e. The molecule has 0 aliphatic rings. The van der Waals surface area contributed by atoms with E-state index in [4.69, 9.17) is 11.6 Å². The van der Waals surface area contributed by atoms with E-state index < -0.39 is 11.8 Å². The molecule has 3 N–H and O–H groups in total. The highest BCUT2D eigenvalue weighted by atomic mass is 35.5. The van der Waals surface area contributed by atoms with E-state index in [-0.39, 0.29) is 17.3 Å². The standard InChI is InChI=1S/C18H23ClN6O2/c1-4-25(5-2)18-21-10-14(19)16(22-18)17(27)24-23-15(26)11-20-13-8-6-12(3)7-9-13/h6-10,20H,4-5,11H2,1-3H3,(H,23,26)(H,24,27). The number of benzene rings is 1. The Morgan fingerprint density at radius 3 is 2.41 bits per heavy atom. The second kappa shape index (κ2) is 9.72. The van der Waals surface area contributed by atoms with Gasteiger partial charge in [0.25, 0.3) is 11.8 Å². The van der Waals surface area contributed by atoms with Gasteiger partial charge in [0, 0.05) is 18.8 Å². The largest absolute Gasteiger partial charge is 0.376 e. The van der Waals surface area contributed by atoms with E-state index in [9.17, 15) is 9.59 Å². The molecule has 2 rings (SSSR count). The molecule has 1 aromatic heterocycles. The summed E-state index contributed by atoms with van der Waals surface area (Å²) in [5.74, 6) is -0.612. The van der Waals surface area contributed by atoms with Crippen LogP contribution in [0.3, 0.4) is 0 Å². The van der Waals surface area contributed by atoms with Crippen LogP contribution in [-0.4, -0.2) is 41.4 Å². The van der Waals surface area contributed by atoms with Crippen LogP contribution in [0.25, 0.3) is 0 Å². The fourth-order valence-electron chi connectivity index (χ4n) is 2.26. The minimum atomic E-state index is -0.612. The molecule has 0 fully saturated rings. The third-order valence-corrected chi connectivity index (χ3v) is 4.09. The molecule has 0 saturated carbocycles. The van der Waals surface area contributed by atoms with Crippen molar-refractivity contribution in [2.75, 3.05) is 29.9 Å². The third-order valence-electron chi connectivity index (χ3n) is 3.81. The Labute approximate surface area is 163 Å². The van der Waals surface area contributed by atoms with Gasteiger partial charge in [0.05, 0.1) is 17.8 Å². The maximum absolute atomic E-state index is 12.3. The Hall–Kier alpha value is -2.87. The van der Waals surface area contributed by atoms with Gasteiger partial charge in [-0.15, -0.1) is 0 Å². The summed E-state index contributed by atoms with van der Waals surface area (Å²) in [5.41, 5.74) is 6.59. The van der Waals surface area contributed by atoms with Crippen LogP contribution in [0.2, 0.25) is 5.02 Å². The molecule has 1 heterocycles. The molecule has 0 aliphatic carbocycles. The molecule has 0 saturated heterocycles. The predicted molar refractivity (Wildman–Crippen MR) is 106 cm³/mol. The van der Waals surface area contributed by atoms with E-state index >= 15 is 0 Å². The van der Waals surface area contributed by atoms with Crippen molar-refractivity contribution in [3.8, 4) is 0 Å². The molecule has 0 unspecified atom stereocenters. The zero-order valence-corrected chi connectivity index (χ0v) is 16.3. The van der Waals surface area contributed by atoms with Gasteiger partial charge in [-0.3, -0.25) is 20.4 Å². The van der Waals surface area contributed by atoms with Crippen molar-refractivity contribution in [1.29, 1.82) is 0 Å². The number of carbonyl (C=O) groups is 2. The molecule has 0 atom stereocenters. The van der Waals surface area contributed by atoms with Crippen LogP contribution in [0.5, 0.6) is 0 Å². The van der Waals surface area contributed by atoms with Gasteiger partial charge in [-0.25, -0.2) is 9.97 Å². The Bertz CT molecular complexity index is 793. The van der Waals surface area contributed by atoms with Crippen molar-refractivity contribution in [3.05, 3.63) is 46.7 Å². The molecular weight excluding hydrogens is 368 g/mol. The van der Waals surface area contributed by atoms with Gasteiger partial charge in [-0.2, -0.15) is 0 Å². The predicted octanol–water partition coefficient (Wildman–Crippen LogP) is 2.16. The molecule has 0 bridgehead atoms. The van der Waals surface area contributed by atoms with Crippen LogP contribution >= 0.6 is 11.6 Å². The van der Waals surface area contributed by atoms with Gasteiger partial charge in [0.15, 0.2) is 5.69 Å². The van der Waals surface area contributed by atoms with Crippen LogP contribution in [-0.2, 0) is 4.79 Å². The van der Waals surface area contributed by atoms with Crippen molar-refractivity contribution in [2.45, 2.75) is 20.8 Å². The number of aryl methyl sites for hydroxylation is 1. The highest BCUT2D eigenvalue weighted by molar-refractivity contribution is 6.33. The molecule has 0 radical (unpaired) electrons. The van der Waals surface area contributed by atoms with E-state index in [1.807, 2.05) is 49.9 Å². The number of carbonyl (C=O) groups excluding carboxylic acids is 2. The fourth-order valence-corrected chi connectivity index (χ4v) is 2.44. The molecule has 9 heteroatoms. The minimum absolute atomic E-state index is 0.000334. The van der Waals surface area contributed by atoms with E-state index in [0.29, 0.717) is 19.0 Å². The molecule has 1 aromatic carbocycles. The van der Waals surface area contributed by atoms with Crippen LogP contribution in [0.4, 0.5) is 11.6 Å². The summed E-state index contributed by atoms with van der Waals surface area (Å²) in [7, 11) is 0. The van der Waals surface area contributed by atoms with Gasteiger partial charge >= 0.3 is 0 Å². The van der Waals surface area contributed by atoms with Crippen molar-refractivity contribution in [1.82, 2.24) is 20.8 Å². The Kier molecular flexibility index (Phi) is 7.36. The number of amides is 2. The lowest BCUT2D eigenvalue weighted by Crippen LogP contribution is -2.44. The quantitative estimate of drug-likeness (QED) is 0.626. The molecular formula is C18H23ClN6O2. The Balaban J connectivity index is 1.91. The first-order valence-corrected chi connectivity index (χ1v) is 8.99. The number of hydrogen-bond donors (Lipinski definition) is 3. The maximum atomic E-state index is 12.3. The average Bonchev–Trinajstić information content (AvgIpc) is 2.67. The lowest BCUT2D eigenvalue weighted by Gasteiger charge is -2.19. The van der Waals surface area contributed by atoms with Crippen LogP contribution in [0.15, 0.2) is 30.5 Å². The lowest BCUT2D eigenvalue weighted by atomic mass is 10.2. The van der Waals surface area contributed by atoms with Gasteiger partial charge in [0.1, 0.15) is 0 Å². The topological polar surface area (TPSA) is 99.3 Å². The molecule has 144 valence electrons. The summed E-state index contributed by atoms with van der Waals surface area (Å²) in [5, 5.41) is 3.07. The highest BCUT2D eigenvalue weighted by Crippen LogP contribution is 2.16. The fraction of sp³-hybridized carbons (Fsp3) is 0.333. The smallest absolute Gasteiger partial charge is 0.290 e. The second-order valence-electron chi connectivity index (χ2n) is 5.76. The number of nitrogens with one attached hydrogen (secondary N) is 3. The first-order chi connectivity index (χ1) is 12.9. The monoisotopic (exact) mass is 390 g/mol. The first-order valence-electron chi connectivity index (χ1n) is 8.61. The number of nitrogens with zero attached hydrogens (tertiary/aromatic N) is 3. The van der Waals surface area contributed by atoms with Crippen molar-refractivity contribution in [3.63, 3.8) is 0 Å². The SMILES string of the molecule is CCN(CC)c1ncc(Cl)c(C(=O)NNC(=O)CNc2ccc(C)cc2)n1. The first kappa shape index (κ1) is 20.4. The van der Waals surface area contributed by atoms with E-state index in [2.05, 4.69) is 26.1 Å². The number of rotatable bonds is 7. The van der Waals surface area contributed by atoms with Crippen LogP contribution < -0.4 is 21.1 Å². The summed E-state index contributed by atoms with van der Waals surface area (Å²) in [6.45, 7) is 7.30. The summed E-state index contributed by atoms with van der Waals surface area (Å²) < 4.78 is 0. The lowest BCUT2D eigenvalue weighted by molar-refractivity contribution is -0.120. The van der Waals surface area contributed by atoms with Gasteiger partial charge in [-0.1, -0.05) is 29.3 Å². The average molecular weight is 391 g/mol. The molecule has 2 aromatic rings. The summed E-state index contributed by atoms with van der Waals surface area (Å²) in [6, 6.07) is 7.62. The van der Waals surface area contributed by atoms with Crippen molar-refractivity contribution < 1.29 is 9.59 Å². The molecule has 0 spiro atoms. The van der Waals surface area contributed by atoms with Gasteiger partial charge in [-0.05, 0) is 32.9 Å². The van der Waals surface area contributed by atoms with Crippen LogP contribution in [0.1, 0.15) is 29.9 Å². The molecule has 0 aliphatic heterocycles. The van der Waals surface area contributed by atoms with Crippen LogP contribution in [0, 0.1) is 6.92 Å². The summed E-state index contributed by atoms with van der Waals surface area (Å²) in [6.07, 6.45) is 1.37. The second-order valence-corrected chi connectivity index (χ2v) is 6.17. The molecule has 27 heavy (non-hydrogen) atoms. The normalized spacial score (nSPS) is 10.2. The van der Waals surface area contributed by atoms with Gasteiger partial charge < -0.3 is 10.2 Å². The summed E-state index contributed by atoms with van der Waals surface area (Å²) >= 11 is 6.02. The van der Waals surface area contributed by atoms with E-state index in [1.165, 1.54) is 6.20 Å². The van der Waals surface area contributed by atoms with Gasteiger partial charge in [0.2, 0.25) is 5.95 Å². The molecule has 2 amide bonds. The number of hydrazine groups is 1. The highest BCUT2D eigenvalue weighted by Gasteiger charge is 2.16. The van der Waals surface area contributed by atoms with Crippen molar-refractivity contribution in [2.24, 2.45) is 0 Å². The number of aromatic nitrogens is 2. The Morgan fingerprint density at radius 2 is 1.78 bits per heavy atom. The zero-order valence-electron chi connectivity index (χ0n) is 15.5. The maximum Gasteiger partial charge on any atom is 0.290 e. The summed E-state index contributed by atoms with van der Waals surface area (Å²) in [4.78, 5) is 34.4. The Morgan fingerprint density at radius 1 is 1.11 bits per heavy atom. The molecule has 8 nitrogen and oxygen atoms in total. The van der Waals surface area contributed by atoms with E-state index in [0.717, 1.165) is 11.3 Å². The zero-order chi connectivity index (χ0) is 19.8. The van der Waals surface area contributed by atoms with E-state index in [1.54, 1.807) is 0 Å². The number of halogens is 1.